The van der Waals surface area contributed by atoms with Crippen LogP contribution in [-0.2, 0) is 9.53 Å². The molecule has 1 amide bonds. The van der Waals surface area contributed by atoms with E-state index >= 15 is 0 Å². The van der Waals surface area contributed by atoms with Crippen molar-refractivity contribution in [2.24, 2.45) is 23.7 Å². The van der Waals surface area contributed by atoms with Crippen LogP contribution in [0.25, 0.3) is 0 Å². The van der Waals surface area contributed by atoms with Crippen LogP contribution in [0.15, 0.2) is 24.3 Å². The molecule has 7 atom stereocenters. The first-order valence-electron chi connectivity index (χ1n) is 8.35. The minimum Gasteiger partial charge on any atom is -0.390 e. The Morgan fingerprint density at radius 1 is 1.36 bits per heavy atom. The highest BCUT2D eigenvalue weighted by Gasteiger charge is 2.78. The van der Waals surface area contributed by atoms with Gasteiger partial charge in [-0.15, -0.1) is 0 Å². The summed E-state index contributed by atoms with van der Waals surface area (Å²) < 4.78 is 6.43. The summed E-state index contributed by atoms with van der Waals surface area (Å²) in [5.41, 5.74) is 1.53. The highest BCUT2D eigenvalue weighted by Crippen LogP contribution is 2.68. The van der Waals surface area contributed by atoms with Crippen molar-refractivity contribution in [2.45, 2.75) is 44.6 Å². The molecule has 0 aromatic heterocycles. The van der Waals surface area contributed by atoms with E-state index in [1.54, 1.807) is 0 Å². The van der Waals surface area contributed by atoms with Crippen LogP contribution in [0.4, 0.5) is 5.69 Å². The van der Waals surface area contributed by atoms with E-state index in [-0.39, 0.29) is 29.8 Å². The van der Waals surface area contributed by atoms with Crippen LogP contribution >= 0.6 is 0 Å². The summed E-state index contributed by atoms with van der Waals surface area (Å²) in [5, 5.41) is 10.5. The molecule has 2 bridgehead atoms. The first-order chi connectivity index (χ1) is 10.6. The summed E-state index contributed by atoms with van der Waals surface area (Å²) >= 11 is 0. The number of aliphatic hydroxyl groups is 1. The van der Waals surface area contributed by atoms with E-state index in [2.05, 4.69) is 6.92 Å². The second-order valence-corrected chi connectivity index (χ2v) is 7.35. The number of ether oxygens (including phenoxy) is 1. The van der Waals surface area contributed by atoms with Crippen molar-refractivity contribution in [2.75, 3.05) is 4.90 Å². The Bertz CT molecular complexity index is 674. The number of anilines is 1. The van der Waals surface area contributed by atoms with Gasteiger partial charge < -0.3 is 9.84 Å². The molecule has 4 heteroatoms. The van der Waals surface area contributed by atoms with Crippen molar-refractivity contribution in [1.29, 1.82) is 0 Å². The van der Waals surface area contributed by atoms with Gasteiger partial charge in [-0.1, -0.05) is 25.1 Å². The Balaban J connectivity index is 1.70. The van der Waals surface area contributed by atoms with Gasteiger partial charge in [0.15, 0.2) is 5.72 Å². The molecule has 0 spiro atoms. The van der Waals surface area contributed by atoms with Crippen molar-refractivity contribution in [1.82, 2.24) is 0 Å². The zero-order chi connectivity index (χ0) is 15.2. The van der Waals surface area contributed by atoms with Crippen molar-refractivity contribution < 1.29 is 14.6 Å². The zero-order valence-corrected chi connectivity index (χ0v) is 12.9. The number of para-hydroxylation sites is 1. The van der Waals surface area contributed by atoms with E-state index in [1.807, 2.05) is 36.1 Å². The summed E-state index contributed by atoms with van der Waals surface area (Å²) in [6.07, 6.45) is 1.20. The lowest BCUT2D eigenvalue weighted by atomic mass is 9.76. The molecule has 22 heavy (non-hydrogen) atoms. The van der Waals surface area contributed by atoms with Gasteiger partial charge in [0.05, 0.1) is 18.1 Å². The SMILES string of the molecule is CC[C@]12O[C@@H]3[C@H](O)[C@H]4C[C@H]3[C@H]1[C@H]4C(=O)N2c1ccccc1C. The van der Waals surface area contributed by atoms with E-state index in [4.69, 9.17) is 4.74 Å². The molecule has 0 radical (unpaired) electrons. The van der Waals surface area contributed by atoms with Crippen molar-refractivity contribution >= 4 is 11.6 Å². The molecule has 1 aromatic rings. The molecule has 2 aliphatic carbocycles. The summed E-state index contributed by atoms with van der Waals surface area (Å²) in [4.78, 5) is 15.1. The number of aliphatic hydroxyl groups excluding tert-OH is 1. The fourth-order valence-corrected chi connectivity index (χ4v) is 5.90. The molecule has 1 N–H and O–H groups in total. The van der Waals surface area contributed by atoms with Crippen LogP contribution in [0.2, 0.25) is 0 Å². The molecule has 1 aromatic carbocycles. The van der Waals surface area contributed by atoms with E-state index in [9.17, 15) is 9.90 Å². The van der Waals surface area contributed by atoms with Crippen molar-refractivity contribution in [3.8, 4) is 0 Å². The van der Waals surface area contributed by atoms with Gasteiger partial charge in [-0.05, 0) is 43.2 Å². The van der Waals surface area contributed by atoms with Gasteiger partial charge in [0, 0.05) is 11.6 Å². The molecule has 2 heterocycles. The third-order valence-electron chi connectivity index (χ3n) is 6.66. The maximum Gasteiger partial charge on any atom is 0.233 e. The Hall–Kier alpha value is -1.39. The fraction of sp³-hybridized carbons (Fsp3) is 0.611. The summed E-state index contributed by atoms with van der Waals surface area (Å²) in [6.45, 7) is 4.15. The van der Waals surface area contributed by atoms with Crippen LogP contribution in [0.5, 0.6) is 0 Å². The van der Waals surface area contributed by atoms with Crippen LogP contribution < -0.4 is 4.90 Å². The van der Waals surface area contributed by atoms with Gasteiger partial charge in [-0.25, -0.2) is 0 Å². The minimum absolute atomic E-state index is 0.0571. The lowest BCUT2D eigenvalue weighted by molar-refractivity contribution is -0.133. The highest BCUT2D eigenvalue weighted by atomic mass is 16.6. The molecule has 5 rings (SSSR count). The number of benzene rings is 1. The molecule has 116 valence electrons. The first kappa shape index (κ1) is 13.1. The average Bonchev–Trinajstić information content (AvgIpc) is 3.17. The fourth-order valence-electron chi connectivity index (χ4n) is 5.90. The quantitative estimate of drug-likeness (QED) is 0.910. The number of hydrogen-bond donors (Lipinski definition) is 1. The van der Waals surface area contributed by atoms with Gasteiger partial charge in [-0.3, -0.25) is 9.69 Å². The smallest absolute Gasteiger partial charge is 0.233 e. The summed E-state index contributed by atoms with van der Waals surface area (Å²) in [7, 11) is 0. The number of rotatable bonds is 2. The average molecular weight is 299 g/mol. The third-order valence-corrected chi connectivity index (χ3v) is 6.66. The van der Waals surface area contributed by atoms with Gasteiger partial charge >= 0.3 is 0 Å². The number of hydrogen-bond acceptors (Lipinski definition) is 3. The lowest BCUT2D eigenvalue weighted by Gasteiger charge is -2.39. The molecular formula is C18H21NO3. The first-order valence-corrected chi connectivity index (χ1v) is 8.35. The normalized spacial score (nSPS) is 47.8. The standard InChI is InChI=1S/C18H21NO3/c1-3-18-14-11-8-10(15(20)16(11)22-18)13(14)17(21)19(18)12-7-5-4-6-9(12)2/h4-7,10-11,13-16,20H,3,8H2,1-2H3/t10-,11-,13-,14-,15+,16-,18-/m0/s1. The van der Waals surface area contributed by atoms with E-state index in [0.29, 0.717) is 5.92 Å². The largest absolute Gasteiger partial charge is 0.390 e. The van der Waals surface area contributed by atoms with Crippen LogP contribution in [0, 0.1) is 30.6 Å². The van der Waals surface area contributed by atoms with Crippen LogP contribution in [0.3, 0.4) is 0 Å². The maximum atomic E-state index is 13.2. The van der Waals surface area contributed by atoms with Gasteiger partial charge in [0.2, 0.25) is 5.91 Å². The molecule has 4 fully saturated rings. The van der Waals surface area contributed by atoms with Gasteiger partial charge in [0.25, 0.3) is 0 Å². The van der Waals surface area contributed by atoms with Crippen LogP contribution in [-0.4, -0.2) is 28.9 Å². The van der Waals surface area contributed by atoms with E-state index in [1.165, 1.54) is 0 Å². The second kappa shape index (κ2) is 3.92. The highest BCUT2D eigenvalue weighted by molar-refractivity contribution is 6.01. The maximum absolute atomic E-state index is 13.2. The Morgan fingerprint density at radius 3 is 2.86 bits per heavy atom. The van der Waals surface area contributed by atoms with Crippen LogP contribution in [0.1, 0.15) is 25.3 Å². The Morgan fingerprint density at radius 2 is 2.14 bits per heavy atom. The lowest BCUT2D eigenvalue weighted by Crippen LogP contribution is -2.51. The predicted molar refractivity (Wildman–Crippen MR) is 81.1 cm³/mol. The monoisotopic (exact) mass is 299 g/mol. The minimum atomic E-state index is -0.546. The predicted octanol–water partition coefficient (Wildman–Crippen LogP) is 2.09. The number of carbonyl (C=O) groups is 1. The zero-order valence-electron chi connectivity index (χ0n) is 12.9. The van der Waals surface area contributed by atoms with Crippen molar-refractivity contribution in [3.05, 3.63) is 29.8 Å². The van der Waals surface area contributed by atoms with E-state index < -0.39 is 11.8 Å². The third kappa shape index (κ3) is 1.19. The second-order valence-electron chi connectivity index (χ2n) is 7.35. The molecule has 2 saturated heterocycles. The van der Waals surface area contributed by atoms with E-state index in [0.717, 1.165) is 24.1 Å². The Kier molecular flexibility index (Phi) is 2.33. The van der Waals surface area contributed by atoms with Gasteiger partial charge in [0.1, 0.15) is 0 Å². The summed E-state index contributed by atoms with van der Waals surface area (Å²) in [6, 6.07) is 8.04. The number of aryl methyl sites for hydroxylation is 1. The molecular weight excluding hydrogens is 278 g/mol. The van der Waals surface area contributed by atoms with Gasteiger partial charge in [-0.2, -0.15) is 0 Å². The Labute approximate surface area is 130 Å². The number of carbonyl (C=O) groups excluding carboxylic acids is 1. The molecule has 0 unspecified atom stereocenters. The molecule has 2 aliphatic heterocycles. The number of amides is 1. The summed E-state index contributed by atoms with van der Waals surface area (Å²) in [5.74, 6) is 0.796. The van der Waals surface area contributed by atoms with Crippen molar-refractivity contribution in [3.63, 3.8) is 0 Å². The molecule has 4 nitrogen and oxygen atoms in total. The number of fused-ring (bicyclic) bond motifs is 2. The number of nitrogens with zero attached hydrogens (tertiary/aromatic N) is 1. The topological polar surface area (TPSA) is 49.8 Å². The molecule has 2 saturated carbocycles. The molecule has 4 aliphatic rings.